The van der Waals surface area contributed by atoms with Gasteiger partial charge in [0.15, 0.2) is 23.2 Å². The molecule has 0 spiro atoms. The number of H-pyrrole nitrogens is 1. The summed E-state index contributed by atoms with van der Waals surface area (Å²) >= 11 is 0. The number of halogens is 2. The summed E-state index contributed by atoms with van der Waals surface area (Å²) in [5.74, 6) is 0.124. The zero-order chi connectivity index (χ0) is 32.2. The third-order valence-corrected chi connectivity index (χ3v) is 6.74. The number of anilines is 2. The lowest BCUT2D eigenvalue weighted by atomic mass is 10.0. The number of amides is 1. The number of aromatic amines is 1. The highest BCUT2D eigenvalue weighted by Crippen LogP contribution is 2.23. The van der Waals surface area contributed by atoms with E-state index in [0.29, 0.717) is 28.8 Å². The third kappa shape index (κ3) is 9.32. The number of aromatic nitrogens is 6. The number of carbonyl (C=O) groups excluding carboxylic acids is 1. The summed E-state index contributed by atoms with van der Waals surface area (Å²) in [4.78, 5) is 33.7. The van der Waals surface area contributed by atoms with Crippen LogP contribution in [0.25, 0.3) is 11.4 Å². The summed E-state index contributed by atoms with van der Waals surface area (Å²) in [6, 6.07) is 8.40. The maximum Gasteiger partial charge on any atom is 0.273 e. The first-order valence-electron chi connectivity index (χ1n) is 14.4. The third-order valence-electron chi connectivity index (χ3n) is 6.74. The van der Waals surface area contributed by atoms with Gasteiger partial charge in [0.1, 0.15) is 11.6 Å². The predicted molar refractivity (Wildman–Crippen MR) is 169 cm³/mol. The molecule has 3 N–H and O–H groups in total. The van der Waals surface area contributed by atoms with Crippen LogP contribution in [0.1, 0.15) is 86.1 Å². The average Bonchev–Trinajstić information content (AvgIpc) is 3.48. The molecule has 2 unspecified atom stereocenters. The lowest BCUT2D eigenvalue weighted by Crippen LogP contribution is -2.28. The number of aryl methyl sites for hydroxylation is 2. The van der Waals surface area contributed by atoms with Gasteiger partial charge in [-0.05, 0) is 57.2 Å². The second-order valence-electron chi connectivity index (χ2n) is 10.1. The fourth-order valence-electron chi connectivity index (χ4n) is 3.95. The summed E-state index contributed by atoms with van der Waals surface area (Å²) in [5, 5.41) is 13.1. The summed E-state index contributed by atoms with van der Waals surface area (Å²) in [6.45, 7) is 11.5. The number of nitrogens with one attached hydrogen (secondary N) is 3. The molecule has 4 heterocycles. The van der Waals surface area contributed by atoms with E-state index in [0.717, 1.165) is 29.8 Å². The van der Waals surface area contributed by atoms with Crippen molar-refractivity contribution < 1.29 is 13.6 Å². The minimum atomic E-state index is -0.757. The molecule has 0 aliphatic rings. The molecule has 4 aromatic heterocycles. The van der Waals surface area contributed by atoms with Crippen LogP contribution in [-0.4, -0.2) is 49.3 Å². The van der Waals surface area contributed by atoms with Gasteiger partial charge in [-0.15, -0.1) is 0 Å². The minimum Gasteiger partial charge on any atom is -0.344 e. The molecule has 0 saturated carbocycles. The summed E-state index contributed by atoms with van der Waals surface area (Å²) in [7, 11) is 1.53. The van der Waals surface area contributed by atoms with E-state index in [9.17, 15) is 13.6 Å². The SMILES string of the molecule is C/C=C(/F)C=NC.CCc1cc(Nc2cc(C)nc(-c3cnc(C(=O)NC(C)c4ccc(C(C)CC)nc4)c(F)c3)n2)n[nH]1. The average molecular weight is 604 g/mol. The van der Waals surface area contributed by atoms with E-state index < -0.39 is 11.7 Å². The fraction of sp³-hybridized carbons (Fsp3) is 0.344. The van der Waals surface area contributed by atoms with Crippen LogP contribution in [0.15, 0.2) is 59.6 Å². The summed E-state index contributed by atoms with van der Waals surface area (Å²) in [5.41, 5.74) is 3.56. The van der Waals surface area contributed by atoms with Crippen molar-refractivity contribution in [1.29, 1.82) is 0 Å². The number of aliphatic imine (C=N–C) groups is 1. The van der Waals surface area contributed by atoms with E-state index in [-0.39, 0.29) is 23.4 Å². The Hall–Kier alpha value is -4.87. The van der Waals surface area contributed by atoms with Gasteiger partial charge in [-0.25, -0.2) is 23.7 Å². The van der Waals surface area contributed by atoms with Crippen LogP contribution in [-0.2, 0) is 6.42 Å². The van der Waals surface area contributed by atoms with Crippen LogP contribution >= 0.6 is 0 Å². The van der Waals surface area contributed by atoms with E-state index in [2.05, 4.69) is 59.6 Å². The highest BCUT2D eigenvalue weighted by molar-refractivity contribution is 5.93. The van der Waals surface area contributed by atoms with Gasteiger partial charge in [0.2, 0.25) is 0 Å². The van der Waals surface area contributed by atoms with Gasteiger partial charge in [-0.3, -0.25) is 19.9 Å². The molecular formula is C32H39F2N9O. The van der Waals surface area contributed by atoms with Crippen LogP contribution in [0.3, 0.4) is 0 Å². The number of hydrogen-bond donors (Lipinski definition) is 3. The first kappa shape index (κ1) is 33.6. The molecule has 2 atom stereocenters. The van der Waals surface area contributed by atoms with Crippen molar-refractivity contribution in [2.24, 2.45) is 4.99 Å². The normalized spacial score (nSPS) is 12.8. The quantitative estimate of drug-likeness (QED) is 0.167. The van der Waals surface area contributed by atoms with E-state index in [1.807, 2.05) is 39.0 Å². The number of rotatable bonds is 10. The molecule has 0 fully saturated rings. The van der Waals surface area contributed by atoms with E-state index in [1.165, 1.54) is 31.6 Å². The largest absolute Gasteiger partial charge is 0.344 e. The Balaban J connectivity index is 0.000000676. The van der Waals surface area contributed by atoms with Crippen molar-refractivity contribution >= 4 is 23.8 Å². The fourth-order valence-corrected chi connectivity index (χ4v) is 3.95. The Morgan fingerprint density at radius 2 is 1.86 bits per heavy atom. The predicted octanol–water partition coefficient (Wildman–Crippen LogP) is 6.98. The second kappa shape index (κ2) is 16.1. The molecule has 4 rings (SSSR count). The van der Waals surface area contributed by atoms with Crippen LogP contribution < -0.4 is 10.6 Å². The molecule has 0 saturated heterocycles. The molecule has 0 aliphatic heterocycles. The topological polar surface area (TPSA) is 134 Å². The second-order valence-corrected chi connectivity index (χ2v) is 10.1. The molecule has 12 heteroatoms. The van der Waals surface area contributed by atoms with E-state index in [4.69, 9.17) is 0 Å². The van der Waals surface area contributed by atoms with E-state index in [1.54, 1.807) is 19.2 Å². The van der Waals surface area contributed by atoms with Crippen molar-refractivity contribution in [2.45, 2.75) is 66.3 Å². The lowest BCUT2D eigenvalue weighted by molar-refractivity contribution is 0.0930. The number of pyridine rings is 2. The van der Waals surface area contributed by atoms with Gasteiger partial charge >= 0.3 is 0 Å². The van der Waals surface area contributed by atoms with Gasteiger partial charge in [0.05, 0.1) is 12.3 Å². The van der Waals surface area contributed by atoms with Gasteiger partial charge in [-0.1, -0.05) is 32.9 Å². The Morgan fingerprint density at radius 1 is 1.09 bits per heavy atom. The number of allylic oxidation sites excluding steroid dienone is 2. The zero-order valence-electron chi connectivity index (χ0n) is 26.1. The molecule has 0 bridgehead atoms. The lowest BCUT2D eigenvalue weighted by Gasteiger charge is -2.15. The number of nitrogens with zero attached hydrogens (tertiary/aromatic N) is 6. The standard InChI is InChI=1S/C27H31FN8O.C5H8FN/c1-6-15(3)22-9-8-18(13-29-22)17(5)32-27(37)25-21(28)11-19(14-30-25)26-31-16(4)10-23(34-26)33-24-12-20(7-2)35-36-24;1-3-5(6)4-7-2/h8-15,17H,6-7H2,1-5H3,(H,32,37)(H2,31,33,34,35,36);3-4H,1-2H3/b;5-3+,7-4?. The molecule has 0 aliphatic carbocycles. The smallest absolute Gasteiger partial charge is 0.273 e. The van der Waals surface area contributed by atoms with Crippen molar-refractivity contribution in [3.8, 4) is 11.4 Å². The van der Waals surface area contributed by atoms with Crippen molar-refractivity contribution in [3.63, 3.8) is 0 Å². The van der Waals surface area contributed by atoms with Crippen LogP contribution in [0.4, 0.5) is 20.4 Å². The van der Waals surface area contributed by atoms with Gasteiger partial charge < -0.3 is 10.6 Å². The first-order chi connectivity index (χ1) is 21.1. The first-order valence-corrected chi connectivity index (χ1v) is 14.4. The van der Waals surface area contributed by atoms with Crippen molar-refractivity contribution in [3.05, 3.63) is 88.8 Å². The Morgan fingerprint density at radius 3 is 2.43 bits per heavy atom. The summed E-state index contributed by atoms with van der Waals surface area (Å²) < 4.78 is 26.8. The van der Waals surface area contributed by atoms with Gasteiger partial charge in [0, 0.05) is 54.2 Å². The molecule has 0 radical (unpaired) electrons. The zero-order valence-corrected chi connectivity index (χ0v) is 26.1. The molecule has 1 amide bonds. The maximum absolute atomic E-state index is 15.0. The Labute approximate surface area is 256 Å². The monoisotopic (exact) mass is 603 g/mol. The number of hydrogen-bond acceptors (Lipinski definition) is 8. The number of carbonyl (C=O) groups is 1. The molecule has 44 heavy (non-hydrogen) atoms. The highest BCUT2D eigenvalue weighted by Gasteiger charge is 2.19. The maximum atomic E-state index is 15.0. The van der Waals surface area contributed by atoms with E-state index >= 15 is 0 Å². The van der Waals surface area contributed by atoms with Crippen LogP contribution in [0.2, 0.25) is 0 Å². The Kier molecular flexibility index (Phi) is 12.3. The van der Waals surface area contributed by atoms with Crippen LogP contribution in [0, 0.1) is 12.7 Å². The molecule has 232 valence electrons. The molecule has 0 aromatic carbocycles. The Bertz CT molecular complexity index is 1600. The van der Waals surface area contributed by atoms with Gasteiger partial charge in [0.25, 0.3) is 5.91 Å². The molecule has 10 nitrogen and oxygen atoms in total. The molecular weight excluding hydrogens is 564 g/mol. The van der Waals surface area contributed by atoms with Crippen molar-refractivity contribution in [2.75, 3.05) is 12.4 Å². The highest BCUT2D eigenvalue weighted by atomic mass is 19.1. The van der Waals surface area contributed by atoms with Crippen molar-refractivity contribution in [1.82, 2.24) is 35.5 Å². The van der Waals surface area contributed by atoms with Gasteiger partial charge in [-0.2, -0.15) is 5.10 Å². The van der Waals surface area contributed by atoms with Crippen LogP contribution in [0.5, 0.6) is 0 Å². The minimum absolute atomic E-state index is 0.285. The summed E-state index contributed by atoms with van der Waals surface area (Å²) in [6.07, 6.45) is 7.48. The molecule has 4 aromatic rings.